The van der Waals surface area contributed by atoms with Crippen molar-refractivity contribution in [2.45, 2.75) is 39.0 Å². The molecule has 0 N–H and O–H groups in total. The van der Waals surface area contributed by atoms with Crippen molar-refractivity contribution in [3.8, 4) is 0 Å². The lowest BCUT2D eigenvalue weighted by atomic mass is 10.0. The predicted molar refractivity (Wildman–Crippen MR) is 115 cm³/mol. The van der Waals surface area contributed by atoms with Crippen LogP contribution in [0.4, 0.5) is 9.18 Å². The number of ether oxygens (including phenoxy) is 2. The van der Waals surface area contributed by atoms with Gasteiger partial charge in [-0.1, -0.05) is 42.5 Å². The summed E-state index contributed by atoms with van der Waals surface area (Å²) in [6.07, 6.45) is -0.277. The maximum atomic E-state index is 13.4. The summed E-state index contributed by atoms with van der Waals surface area (Å²) < 4.78 is 24.9. The lowest BCUT2D eigenvalue weighted by Gasteiger charge is -2.39. The standard InChI is InChI=1S/C24H31FN2O3/c1-24(2,3)30-23(28)27-15-13-26(14-16-27)22(20-9-11-21(25)12-10-20)18-29-17-19-7-5-4-6-8-19/h4-12,22H,13-18H2,1-3H3. The third kappa shape index (κ3) is 6.54. The van der Waals surface area contributed by atoms with E-state index in [2.05, 4.69) is 4.90 Å². The topological polar surface area (TPSA) is 42.0 Å². The minimum absolute atomic E-state index is 0.00454. The maximum absolute atomic E-state index is 13.4. The normalized spacial score (nSPS) is 16.3. The van der Waals surface area contributed by atoms with Crippen molar-refractivity contribution in [2.24, 2.45) is 0 Å². The average molecular weight is 415 g/mol. The van der Waals surface area contributed by atoms with Crippen LogP contribution in [0.2, 0.25) is 0 Å². The van der Waals surface area contributed by atoms with Gasteiger partial charge in [0.2, 0.25) is 0 Å². The zero-order valence-corrected chi connectivity index (χ0v) is 18.0. The molecule has 0 aromatic heterocycles. The highest BCUT2D eigenvalue weighted by atomic mass is 19.1. The molecule has 2 aromatic rings. The van der Waals surface area contributed by atoms with Crippen LogP contribution in [0.5, 0.6) is 0 Å². The Morgan fingerprint density at radius 1 is 1.00 bits per heavy atom. The molecule has 1 unspecified atom stereocenters. The van der Waals surface area contributed by atoms with E-state index in [9.17, 15) is 9.18 Å². The number of rotatable bonds is 6. The van der Waals surface area contributed by atoms with Crippen LogP contribution in [0, 0.1) is 5.82 Å². The Morgan fingerprint density at radius 2 is 1.63 bits per heavy atom. The summed E-state index contributed by atoms with van der Waals surface area (Å²) in [5.74, 6) is -0.252. The highest BCUT2D eigenvalue weighted by Crippen LogP contribution is 2.24. The molecule has 162 valence electrons. The van der Waals surface area contributed by atoms with Crippen LogP contribution in [0.15, 0.2) is 54.6 Å². The summed E-state index contributed by atoms with van der Waals surface area (Å²) in [7, 11) is 0. The van der Waals surface area contributed by atoms with Gasteiger partial charge in [-0.15, -0.1) is 0 Å². The number of nitrogens with zero attached hydrogens (tertiary/aromatic N) is 2. The van der Waals surface area contributed by atoms with Gasteiger partial charge in [0, 0.05) is 26.2 Å². The quantitative estimate of drug-likeness (QED) is 0.691. The van der Waals surface area contributed by atoms with E-state index in [-0.39, 0.29) is 18.0 Å². The molecule has 1 atom stereocenters. The van der Waals surface area contributed by atoms with Gasteiger partial charge >= 0.3 is 6.09 Å². The summed E-state index contributed by atoms with van der Waals surface area (Å²) in [4.78, 5) is 16.4. The Kier molecular flexibility index (Phi) is 7.45. The van der Waals surface area contributed by atoms with Gasteiger partial charge in [-0.05, 0) is 44.0 Å². The second kappa shape index (κ2) is 10.0. The van der Waals surface area contributed by atoms with E-state index in [4.69, 9.17) is 9.47 Å². The Balaban J connectivity index is 1.62. The van der Waals surface area contributed by atoms with Gasteiger partial charge in [0.25, 0.3) is 0 Å². The zero-order valence-electron chi connectivity index (χ0n) is 18.0. The minimum Gasteiger partial charge on any atom is -0.444 e. The molecule has 1 aliphatic rings. The molecule has 1 aliphatic heterocycles. The number of hydrogen-bond acceptors (Lipinski definition) is 4. The molecular weight excluding hydrogens is 383 g/mol. The monoisotopic (exact) mass is 414 g/mol. The molecule has 0 radical (unpaired) electrons. The first kappa shape index (κ1) is 22.2. The van der Waals surface area contributed by atoms with Crippen LogP contribution in [-0.2, 0) is 16.1 Å². The first-order chi connectivity index (χ1) is 14.3. The largest absolute Gasteiger partial charge is 0.444 e. The molecule has 1 fully saturated rings. The molecule has 30 heavy (non-hydrogen) atoms. The molecular formula is C24H31FN2O3. The molecule has 0 bridgehead atoms. The highest BCUT2D eigenvalue weighted by molar-refractivity contribution is 5.68. The van der Waals surface area contributed by atoms with E-state index in [1.807, 2.05) is 63.2 Å². The highest BCUT2D eigenvalue weighted by Gasteiger charge is 2.29. The smallest absolute Gasteiger partial charge is 0.410 e. The SMILES string of the molecule is CC(C)(C)OC(=O)N1CCN(C(COCc2ccccc2)c2ccc(F)cc2)CC1. The van der Waals surface area contributed by atoms with Crippen LogP contribution in [0.1, 0.15) is 37.9 Å². The number of benzene rings is 2. The number of carbonyl (C=O) groups excluding carboxylic acids is 1. The number of hydrogen-bond donors (Lipinski definition) is 0. The van der Waals surface area contributed by atoms with Crippen molar-refractivity contribution >= 4 is 6.09 Å². The van der Waals surface area contributed by atoms with Crippen molar-refractivity contribution in [1.82, 2.24) is 9.80 Å². The summed E-state index contributed by atoms with van der Waals surface area (Å²) in [6, 6.07) is 16.6. The lowest BCUT2D eigenvalue weighted by Crippen LogP contribution is -2.51. The van der Waals surface area contributed by atoms with Crippen molar-refractivity contribution in [3.63, 3.8) is 0 Å². The lowest BCUT2D eigenvalue weighted by molar-refractivity contribution is -0.00140. The molecule has 1 heterocycles. The first-order valence-corrected chi connectivity index (χ1v) is 10.4. The fraction of sp³-hybridized carbons (Fsp3) is 0.458. The number of amides is 1. The van der Waals surface area contributed by atoms with E-state index >= 15 is 0 Å². The van der Waals surface area contributed by atoms with Gasteiger partial charge in [-0.3, -0.25) is 4.90 Å². The van der Waals surface area contributed by atoms with E-state index in [1.54, 1.807) is 4.90 Å². The molecule has 6 heteroatoms. The molecule has 5 nitrogen and oxygen atoms in total. The van der Waals surface area contributed by atoms with Gasteiger partial charge < -0.3 is 14.4 Å². The van der Waals surface area contributed by atoms with Crippen molar-refractivity contribution in [3.05, 3.63) is 71.5 Å². The molecule has 0 saturated carbocycles. The third-order valence-corrected chi connectivity index (χ3v) is 5.05. The second-order valence-corrected chi connectivity index (χ2v) is 8.57. The maximum Gasteiger partial charge on any atom is 0.410 e. The Hall–Kier alpha value is -2.44. The fourth-order valence-electron chi connectivity index (χ4n) is 3.50. The van der Waals surface area contributed by atoms with Crippen LogP contribution >= 0.6 is 0 Å². The number of piperazine rings is 1. The molecule has 1 amide bonds. The summed E-state index contributed by atoms with van der Waals surface area (Å²) in [5.41, 5.74) is 1.62. The van der Waals surface area contributed by atoms with Crippen molar-refractivity contribution in [2.75, 3.05) is 32.8 Å². The van der Waals surface area contributed by atoms with E-state index in [0.717, 1.165) is 11.1 Å². The minimum atomic E-state index is -0.504. The fourth-order valence-corrected chi connectivity index (χ4v) is 3.50. The van der Waals surface area contributed by atoms with Crippen LogP contribution in [-0.4, -0.2) is 54.3 Å². The van der Waals surface area contributed by atoms with E-state index < -0.39 is 5.60 Å². The van der Waals surface area contributed by atoms with Crippen molar-refractivity contribution in [1.29, 1.82) is 0 Å². The van der Waals surface area contributed by atoms with E-state index in [1.165, 1.54) is 12.1 Å². The van der Waals surface area contributed by atoms with Crippen LogP contribution in [0.25, 0.3) is 0 Å². The number of halogens is 1. The third-order valence-electron chi connectivity index (χ3n) is 5.05. The predicted octanol–water partition coefficient (Wildman–Crippen LogP) is 4.64. The Labute approximate surface area is 178 Å². The van der Waals surface area contributed by atoms with E-state index in [0.29, 0.717) is 39.4 Å². The Bertz CT molecular complexity index is 797. The summed E-state index contributed by atoms with van der Waals surface area (Å²) in [5, 5.41) is 0. The van der Waals surface area contributed by atoms with Crippen LogP contribution in [0.3, 0.4) is 0 Å². The second-order valence-electron chi connectivity index (χ2n) is 8.57. The molecule has 0 aliphatic carbocycles. The first-order valence-electron chi connectivity index (χ1n) is 10.4. The van der Waals surface area contributed by atoms with Gasteiger partial charge in [0.15, 0.2) is 0 Å². The van der Waals surface area contributed by atoms with Gasteiger partial charge in [-0.2, -0.15) is 0 Å². The average Bonchev–Trinajstić information content (AvgIpc) is 2.72. The van der Waals surface area contributed by atoms with Gasteiger partial charge in [0.1, 0.15) is 11.4 Å². The Morgan fingerprint density at radius 3 is 2.23 bits per heavy atom. The van der Waals surface area contributed by atoms with Gasteiger partial charge in [0.05, 0.1) is 19.3 Å². The van der Waals surface area contributed by atoms with Gasteiger partial charge in [-0.25, -0.2) is 9.18 Å². The molecule has 3 rings (SSSR count). The summed E-state index contributed by atoms with van der Waals surface area (Å²) in [6.45, 7) is 9.22. The van der Waals surface area contributed by atoms with Crippen LogP contribution < -0.4 is 0 Å². The van der Waals surface area contributed by atoms with Crippen molar-refractivity contribution < 1.29 is 18.7 Å². The summed E-state index contributed by atoms with van der Waals surface area (Å²) >= 11 is 0. The molecule has 1 saturated heterocycles. The number of carbonyl (C=O) groups is 1. The zero-order chi connectivity index (χ0) is 21.6. The molecule has 0 spiro atoms. The molecule has 2 aromatic carbocycles.